The summed E-state index contributed by atoms with van der Waals surface area (Å²) in [4.78, 5) is 26.4. The number of rotatable bonds is 4. The molecular formula is C20H17NO3. The molecule has 1 aliphatic rings. The van der Waals surface area contributed by atoms with Crippen molar-refractivity contribution in [3.8, 4) is 0 Å². The van der Waals surface area contributed by atoms with Crippen LogP contribution in [0.1, 0.15) is 17.2 Å². The second kappa shape index (κ2) is 6.96. The Labute approximate surface area is 140 Å². The predicted octanol–water partition coefficient (Wildman–Crippen LogP) is 3.98. The minimum atomic E-state index is -0.625. The second-order valence-electron chi connectivity index (χ2n) is 5.36. The molecule has 0 bridgehead atoms. The number of benzene rings is 2. The second-order valence-corrected chi connectivity index (χ2v) is 5.36. The number of amides is 2. The fraction of sp³-hybridized carbons (Fsp3) is 0.100. The molecule has 0 unspecified atom stereocenters. The smallest absolute Gasteiger partial charge is 0.417 e. The first-order valence-electron chi connectivity index (χ1n) is 7.66. The van der Waals surface area contributed by atoms with Gasteiger partial charge in [0.05, 0.1) is 0 Å². The molecule has 2 aromatic rings. The lowest BCUT2D eigenvalue weighted by molar-refractivity contribution is -0.123. The van der Waals surface area contributed by atoms with Gasteiger partial charge in [0, 0.05) is 5.57 Å². The van der Waals surface area contributed by atoms with Crippen molar-refractivity contribution in [3.63, 3.8) is 0 Å². The molecular weight excluding hydrogens is 302 g/mol. The van der Waals surface area contributed by atoms with Crippen molar-refractivity contribution in [2.45, 2.75) is 6.04 Å². The van der Waals surface area contributed by atoms with Crippen LogP contribution in [0.25, 0.3) is 5.57 Å². The number of nitrogens with zero attached hydrogens (tertiary/aromatic N) is 1. The summed E-state index contributed by atoms with van der Waals surface area (Å²) in [5, 5.41) is 0. The summed E-state index contributed by atoms with van der Waals surface area (Å²) >= 11 is 0. The van der Waals surface area contributed by atoms with Gasteiger partial charge in [-0.05, 0) is 17.2 Å². The van der Waals surface area contributed by atoms with Gasteiger partial charge in [0.2, 0.25) is 0 Å². The molecule has 4 nitrogen and oxygen atoms in total. The number of cyclic esters (lactones) is 1. The third-order valence-electron chi connectivity index (χ3n) is 3.88. The molecule has 0 spiro atoms. The van der Waals surface area contributed by atoms with Gasteiger partial charge in [0.15, 0.2) is 0 Å². The van der Waals surface area contributed by atoms with Crippen LogP contribution in [-0.4, -0.2) is 23.5 Å². The maximum absolute atomic E-state index is 13.0. The van der Waals surface area contributed by atoms with E-state index in [1.807, 2.05) is 60.7 Å². The van der Waals surface area contributed by atoms with Gasteiger partial charge in [0.1, 0.15) is 12.6 Å². The van der Waals surface area contributed by atoms with E-state index in [1.165, 1.54) is 4.90 Å². The van der Waals surface area contributed by atoms with Gasteiger partial charge in [-0.3, -0.25) is 4.79 Å². The molecule has 120 valence electrons. The SMILES string of the molecule is C=C/C=C(/C(=O)N1C(=O)OC[C@H]1c1ccccc1)c1ccccc1. The summed E-state index contributed by atoms with van der Waals surface area (Å²) < 4.78 is 5.13. The van der Waals surface area contributed by atoms with Gasteiger partial charge in [0.25, 0.3) is 5.91 Å². The lowest BCUT2D eigenvalue weighted by Gasteiger charge is -2.21. The molecule has 1 atom stereocenters. The van der Waals surface area contributed by atoms with Crippen molar-refractivity contribution in [2.24, 2.45) is 0 Å². The highest BCUT2D eigenvalue weighted by molar-refractivity contribution is 6.23. The fourth-order valence-corrected chi connectivity index (χ4v) is 2.72. The standard InChI is InChI=1S/C20H17NO3/c1-2-9-17(15-10-5-3-6-11-15)19(22)21-18(14-24-20(21)23)16-12-7-4-8-13-16/h2-13,18H,1,14H2/b17-9+/t18-/m0/s1. The average molecular weight is 319 g/mol. The van der Waals surface area contributed by atoms with E-state index >= 15 is 0 Å². The van der Waals surface area contributed by atoms with E-state index < -0.39 is 18.0 Å². The summed E-state index contributed by atoms with van der Waals surface area (Å²) in [6, 6.07) is 18.2. The molecule has 24 heavy (non-hydrogen) atoms. The highest BCUT2D eigenvalue weighted by atomic mass is 16.6. The van der Waals surface area contributed by atoms with Crippen LogP contribution in [0.3, 0.4) is 0 Å². The summed E-state index contributed by atoms with van der Waals surface area (Å²) in [7, 11) is 0. The Morgan fingerprint density at radius 3 is 2.33 bits per heavy atom. The molecule has 0 aromatic heterocycles. The first-order chi connectivity index (χ1) is 11.7. The van der Waals surface area contributed by atoms with Crippen molar-refractivity contribution in [1.29, 1.82) is 0 Å². The zero-order valence-corrected chi connectivity index (χ0v) is 13.1. The fourth-order valence-electron chi connectivity index (χ4n) is 2.72. The van der Waals surface area contributed by atoms with E-state index in [4.69, 9.17) is 4.74 Å². The zero-order chi connectivity index (χ0) is 16.9. The van der Waals surface area contributed by atoms with Crippen LogP contribution in [0.4, 0.5) is 4.79 Å². The van der Waals surface area contributed by atoms with E-state index in [9.17, 15) is 9.59 Å². The van der Waals surface area contributed by atoms with Gasteiger partial charge in [-0.2, -0.15) is 0 Å². The molecule has 1 fully saturated rings. The minimum absolute atomic E-state index is 0.157. The third kappa shape index (κ3) is 2.99. The van der Waals surface area contributed by atoms with Gasteiger partial charge in [-0.15, -0.1) is 0 Å². The molecule has 1 saturated heterocycles. The van der Waals surface area contributed by atoms with Crippen molar-refractivity contribution < 1.29 is 14.3 Å². The van der Waals surface area contributed by atoms with Crippen molar-refractivity contribution in [1.82, 2.24) is 4.90 Å². The monoisotopic (exact) mass is 319 g/mol. The number of allylic oxidation sites excluding steroid dienone is 2. The number of carbonyl (C=O) groups is 2. The molecule has 3 rings (SSSR count). The average Bonchev–Trinajstić information content (AvgIpc) is 3.02. The van der Waals surface area contributed by atoms with E-state index in [-0.39, 0.29) is 6.61 Å². The zero-order valence-electron chi connectivity index (χ0n) is 13.1. The maximum atomic E-state index is 13.0. The summed E-state index contributed by atoms with van der Waals surface area (Å²) in [6.07, 6.45) is 2.53. The number of hydrogen-bond donors (Lipinski definition) is 0. The van der Waals surface area contributed by atoms with Crippen LogP contribution in [0.2, 0.25) is 0 Å². The van der Waals surface area contributed by atoms with Crippen molar-refractivity contribution >= 4 is 17.6 Å². The molecule has 0 aliphatic carbocycles. The molecule has 0 saturated carbocycles. The van der Waals surface area contributed by atoms with E-state index in [0.29, 0.717) is 5.57 Å². The summed E-state index contributed by atoms with van der Waals surface area (Å²) in [6.45, 7) is 3.83. The molecule has 1 heterocycles. The number of ether oxygens (including phenoxy) is 1. The predicted molar refractivity (Wildman–Crippen MR) is 92.0 cm³/mol. The maximum Gasteiger partial charge on any atom is 0.417 e. The number of imide groups is 1. The Kier molecular flexibility index (Phi) is 4.57. The third-order valence-corrected chi connectivity index (χ3v) is 3.88. The summed E-state index contributed by atoms with van der Waals surface area (Å²) in [5.74, 6) is -0.391. The summed E-state index contributed by atoms with van der Waals surface area (Å²) in [5.41, 5.74) is 2.00. The number of hydrogen-bond acceptors (Lipinski definition) is 3. The van der Waals surface area contributed by atoms with Crippen LogP contribution >= 0.6 is 0 Å². The van der Waals surface area contributed by atoms with Crippen LogP contribution < -0.4 is 0 Å². The van der Waals surface area contributed by atoms with E-state index in [0.717, 1.165) is 11.1 Å². The Morgan fingerprint density at radius 1 is 1.08 bits per heavy atom. The van der Waals surface area contributed by atoms with Crippen molar-refractivity contribution in [3.05, 3.63) is 90.5 Å². The first-order valence-corrected chi connectivity index (χ1v) is 7.66. The van der Waals surface area contributed by atoms with E-state index in [1.54, 1.807) is 12.2 Å². The molecule has 2 aromatic carbocycles. The highest BCUT2D eigenvalue weighted by Crippen LogP contribution is 2.31. The normalized spacial score (nSPS) is 17.5. The lowest BCUT2D eigenvalue weighted by atomic mass is 10.0. The minimum Gasteiger partial charge on any atom is -0.446 e. The molecule has 1 aliphatic heterocycles. The van der Waals surface area contributed by atoms with Crippen LogP contribution in [0, 0.1) is 0 Å². The number of carbonyl (C=O) groups excluding carboxylic acids is 2. The van der Waals surface area contributed by atoms with E-state index in [2.05, 4.69) is 6.58 Å². The highest BCUT2D eigenvalue weighted by Gasteiger charge is 2.40. The molecule has 4 heteroatoms. The van der Waals surface area contributed by atoms with Gasteiger partial charge in [-0.1, -0.05) is 73.3 Å². The Hall–Kier alpha value is -3.14. The van der Waals surface area contributed by atoms with Gasteiger partial charge >= 0.3 is 6.09 Å². The quantitative estimate of drug-likeness (QED) is 0.632. The van der Waals surface area contributed by atoms with Crippen LogP contribution in [0.15, 0.2) is 79.4 Å². The Morgan fingerprint density at radius 2 is 1.71 bits per heavy atom. The Balaban J connectivity index is 1.98. The van der Waals surface area contributed by atoms with Crippen LogP contribution in [0.5, 0.6) is 0 Å². The Bertz CT molecular complexity index is 781. The van der Waals surface area contributed by atoms with Gasteiger partial charge in [-0.25, -0.2) is 9.69 Å². The topological polar surface area (TPSA) is 46.6 Å². The largest absolute Gasteiger partial charge is 0.446 e. The lowest BCUT2D eigenvalue weighted by Crippen LogP contribution is -2.34. The molecule has 2 amide bonds. The van der Waals surface area contributed by atoms with Crippen molar-refractivity contribution in [2.75, 3.05) is 6.61 Å². The van der Waals surface area contributed by atoms with Crippen LogP contribution in [-0.2, 0) is 9.53 Å². The molecule has 0 N–H and O–H groups in total. The van der Waals surface area contributed by atoms with Gasteiger partial charge < -0.3 is 4.74 Å². The first kappa shape index (κ1) is 15.7. The molecule has 0 radical (unpaired) electrons.